The summed E-state index contributed by atoms with van der Waals surface area (Å²) < 4.78 is 42.6. The predicted octanol–water partition coefficient (Wildman–Crippen LogP) is 2.84. The third kappa shape index (κ3) is 2.65. The van der Waals surface area contributed by atoms with Gasteiger partial charge in [0.25, 0.3) is 0 Å². The van der Waals surface area contributed by atoms with Crippen LogP contribution in [0.2, 0.25) is 0 Å². The second kappa shape index (κ2) is 5.67. The molecule has 1 saturated heterocycles. The average Bonchev–Trinajstić information content (AvgIpc) is 3.14. The topological polar surface area (TPSA) is 55.2 Å². The van der Waals surface area contributed by atoms with Gasteiger partial charge in [-0.05, 0) is 44.4 Å². The minimum absolute atomic E-state index is 0.0212. The molecule has 0 bridgehead atoms. The van der Waals surface area contributed by atoms with Gasteiger partial charge >= 0.3 is 0 Å². The predicted molar refractivity (Wildman–Crippen MR) is 87.8 cm³/mol. The van der Waals surface area contributed by atoms with E-state index in [1.54, 1.807) is 0 Å². The minimum atomic E-state index is -3.66. The second-order valence-corrected chi connectivity index (χ2v) is 8.60. The lowest BCUT2D eigenvalue weighted by molar-refractivity contribution is 0.443. The highest BCUT2D eigenvalue weighted by Crippen LogP contribution is 2.41. The van der Waals surface area contributed by atoms with Crippen LogP contribution in [0.5, 0.6) is 0 Å². The van der Waals surface area contributed by atoms with Crippen molar-refractivity contribution in [3.05, 3.63) is 47.8 Å². The second-order valence-electron chi connectivity index (χ2n) is 6.66. The fraction of sp³-hybridized carbons (Fsp3) is 0.471. The number of rotatable bonds is 4. The zero-order valence-electron chi connectivity index (χ0n) is 13.5. The molecule has 1 aromatic carbocycles. The van der Waals surface area contributed by atoms with Crippen LogP contribution in [0, 0.1) is 12.7 Å². The Hall–Kier alpha value is -1.73. The number of hydrogen-bond donors (Lipinski definition) is 0. The maximum atomic E-state index is 13.4. The Morgan fingerprint density at radius 1 is 1.25 bits per heavy atom. The third-order valence-electron chi connectivity index (χ3n) is 4.88. The molecule has 2 fully saturated rings. The largest absolute Gasteiger partial charge is 0.328 e. The molecule has 2 heterocycles. The van der Waals surface area contributed by atoms with Crippen molar-refractivity contribution in [2.24, 2.45) is 0 Å². The maximum Gasteiger partial charge on any atom is 0.243 e. The van der Waals surface area contributed by atoms with Crippen molar-refractivity contribution in [2.75, 3.05) is 13.1 Å². The van der Waals surface area contributed by atoms with E-state index in [1.807, 2.05) is 13.1 Å². The molecule has 1 saturated carbocycles. The summed E-state index contributed by atoms with van der Waals surface area (Å²) in [5, 5.41) is 0. The molecule has 1 atom stereocenters. The van der Waals surface area contributed by atoms with E-state index in [1.165, 1.54) is 22.5 Å². The molecule has 2 aromatic rings. The lowest BCUT2D eigenvalue weighted by atomic mass is 10.2. The van der Waals surface area contributed by atoms with E-state index in [4.69, 9.17) is 0 Å². The Morgan fingerprint density at radius 3 is 2.75 bits per heavy atom. The van der Waals surface area contributed by atoms with E-state index in [-0.39, 0.29) is 10.9 Å². The van der Waals surface area contributed by atoms with Crippen LogP contribution in [-0.4, -0.2) is 35.4 Å². The maximum absolute atomic E-state index is 13.4. The Kier molecular flexibility index (Phi) is 3.73. The fourth-order valence-corrected chi connectivity index (χ4v) is 5.02. The molecule has 1 unspecified atom stereocenters. The first-order valence-electron chi connectivity index (χ1n) is 8.26. The molecule has 1 aliphatic carbocycles. The molecule has 4 rings (SSSR count). The van der Waals surface area contributed by atoms with Crippen molar-refractivity contribution >= 4 is 10.0 Å². The molecule has 0 N–H and O–H groups in total. The zero-order valence-corrected chi connectivity index (χ0v) is 14.3. The first-order chi connectivity index (χ1) is 11.5. The monoisotopic (exact) mass is 349 g/mol. The molecule has 2 aliphatic rings. The molecule has 0 radical (unpaired) electrons. The van der Waals surface area contributed by atoms with Gasteiger partial charge in [-0.1, -0.05) is 6.07 Å². The van der Waals surface area contributed by atoms with E-state index in [0.29, 0.717) is 19.0 Å². The molecule has 24 heavy (non-hydrogen) atoms. The highest BCUT2D eigenvalue weighted by atomic mass is 32.2. The van der Waals surface area contributed by atoms with Crippen molar-refractivity contribution in [2.45, 2.75) is 43.0 Å². The van der Waals surface area contributed by atoms with Crippen LogP contribution < -0.4 is 0 Å². The number of halogens is 1. The Labute approximate surface area is 141 Å². The first-order valence-corrected chi connectivity index (χ1v) is 9.70. The molecule has 7 heteroatoms. The Morgan fingerprint density at radius 2 is 2.04 bits per heavy atom. The Balaban J connectivity index is 1.60. The Bertz CT molecular complexity index is 874. The van der Waals surface area contributed by atoms with Gasteiger partial charge in [0.05, 0.1) is 10.9 Å². The van der Waals surface area contributed by atoms with Gasteiger partial charge in [0, 0.05) is 30.9 Å². The van der Waals surface area contributed by atoms with Crippen LogP contribution >= 0.6 is 0 Å². The summed E-state index contributed by atoms with van der Waals surface area (Å²) in [5.74, 6) is 1.07. The van der Waals surface area contributed by atoms with Crippen LogP contribution in [0.15, 0.2) is 35.4 Å². The van der Waals surface area contributed by atoms with Crippen molar-refractivity contribution < 1.29 is 12.8 Å². The molecular weight excluding hydrogens is 329 g/mol. The number of benzene rings is 1. The number of imidazole rings is 1. The summed E-state index contributed by atoms with van der Waals surface area (Å²) in [4.78, 5) is 4.55. The van der Waals surface area contributed by atoms with Gasteiger partial charge < -0.3 is 4.57 Å². The van der Waals surface area contributed by atoms with Gasteiger partial charge in [-0.2, -0.15) is 4.31 Å². The average molecular weight is 349 g/mol. The fourth-order valence-electron chi connectivity index (χ4n) is 3.50. The lowest BCUT2D eigenvalue weighted by Gasteiger charge is -2.19. The summed E-state index contributed by atoms with van der Waals surface area (Å²) in [6.45, 7) is 2.88. The standard InChI is InChI=1S/C17H20FN3O2S/c1-12-10-19-17(13-5-6-13)21(12)15-7-8-20(11-15)24(22,23)16-4-2-3-14(18)9-16/h2-4,9-10,13,15H,5-8,11H2,1H3. The van der Waals surface area contributed by atoms with Crippen LogP contribution in [0.3, 0.4) is 0 Å². The summed E-state index contributed by atoms with van der Waals surface area (Å²) >= 11 is 0. The van der Waals surface area contributed by atoms with Gasteiger partial charge in [-0.25, -0.2) is 17.8 Å². The molecule has 0 spiro atoms. The molecule has 5 nitrogen and oxygen atoms in total. The third-order valence-corrected chi connectivity index (χ3v) is 6.74. The van der Waals surface area contributed by atoms with E-state index in [2.05, 4.69) is 9.55 Å². The number of aromatic nitrogens is 2. The highest BCUT2D eigenvalue weighted by Gasteiger charge is 2.37. The van der Waals surface area contributed by atoms with E-state index in [9.17, 15) is 12.8 Å². The molecule has 0 amide bonds. The number of sulfonamides is 1. The lowest BCUT2D eigenvalue weighted by Crippen LogP contribution is -2.29. The first kappa shape index (κ1) is 15.8. The van der Waals surface area contributed by atoms with Crippen molar-refractivity contribution in [3.63, 3.8) is 0 Å². The summed E-state index contributed by atoms with van der Waals surface area (Å²) in [5.41, 5.74) is 1.08. The van der Waals surface area contributed by atoms with E-state index < -0.39 is 15.8 Å². The smallest absolute Gasteiger partial charge is 0.243 e. The molecule has 1 aromatic heterocycles. The van der Waals surface area contributed by atoms with E-state index >= 15 is 0 Å². The van der Waals surface area contributed by atoms with E-state index in [0.717, 1.165) is 36.8 Å². The molecular formula is C17H20FN3O2S. The zero-order chi connectivity index (χ0) is 16.9. The van der Waals surface area contributed by atoms with Crippen LogP contribution in [0.25, 0.3) is 0 Å². The molecule has 128 valence electrons. The van der Waals surface area contributed by atoms with Crippen molar-refractivity contribution in [1.29, 1.82) is 0 Å². The van der Waals surface area contributed by atoms with Gasteiger partial charge in [-0.3, -0.25) is 0 Å². The number of aryl methyl sites for hydroxylation is 1. The minimum Gasteiger partial charge on any atom is -0.328 e. The van der Waals surface area contributed by atoms with Gasteiger partial charge in [0.2, 0.25) is 10.0 Å². The van der Waals surface area contributed by atoms with Crippen LogP contribution in [0.1, 0.15) is 42.7 Å². The normalized spacial score (nSPS) is 22.2. The van der Waals surface area contributed by atoms with Crippen LogP contribution in [-0.2, 0) is 10.0 Å². The van der Waals surface area contributed by atoms with Crippen LogP contribution in [0.4, 0.5) is 4.39 Å². The van der Waals surface area contributed by atoms with Crippen molar-refractivity contribution in [3.8, 4) is 0 Å². The summed E-state index contributed by atoms with van der Waals surface area (Å²) in [6.07, 6.45) is 4.95. The number of nitrogens with zero attached hydrogens (tertiary/aromatic N) is 3. The summed E-state index contributed by atoms with van der Waals surface area (Å²) in [6, 6.07) is 5.32. The SMILES string of the molecule is Cc1cnc(C2CC2)n1C1CCN(S(=O)(=O)c2cccc(F)c2)C1. The summed E-state index contributed by atoms with van der Waals surface area (Å²) in [7, 11) is -3.66. The quantitative estimate of drug-likeness (QED) is 0.853. The molecule has 1 aliphatic heterocycles. The van der Waals surface area contributed by atoms with Gasteiger partial charge in [0.15, 0.2) is 0 Å². The number of hydrogen-bond acceptors (Lipinski definition) is 3. The van der Waals surface area contributed by atoms with Gasteiger partial charge in [-0.15, -0.1) is 0 Å². The highest BCUT2D eigenvalue weighted by molar-refractivity contribution is 7.89. The van der Waals surface area contributed by atoms with Crippen molar-refractivity contribution in [1.82, 2.24) is 13.9 Å². The van der Waals surface area contributed by atoms with Gasteiger partial charge in [0.1, 0.15) is 11.6 Å².